The summed E-state index contributed by atoms with van der Waals surface area (Å²) in [5.74, 6) is 0. The molecular formula is C17H20F3NO3S. The lowest BCUT2D eigenvalue weighted by molar-refractivity contribution is -0.0436. The third-order valence-corrected chi connectivity index (χ3v) is 5.57. The highest BCUT2D eigenvalue weighted by molar-refractivity contribution is 7.92. The number of rotatable bonds is 7. The summed E-state index contributed by atoms with van der Waals surface area (Å²) in [7, 11) is -3.88. The Morgan fingerprint density at radius 1 is 1.32 bits per heavy atom. The van der Waals surface area contributed by atoms with E-state index >= 15 is 0 Å². The van der Waals surface area contributed by atoms with Gasteiger partial charge in [-0.15, -0.1) is 6.58 Å². The predicted octanol–water partition coefficient (Wildman–Crippen LogP) is 3.48. The molecule has 138 valence electrons. The maximum absolute atomic E-state index is 13.1. The van der Waals surface area contributed by atoms with E-state index in [1.165, 1.54) is 6.07 Å². The molecule has 0 radical (unpaired) electrons. The Hall–Kier alpha value is -1.67. The zero-order valence-corrected chi connectivity index (χ0v) is 14.7. The number of ether oxygens (including phenoxy) is 1. The summed E-state index contributed by atoms with van der Waals surface area (Å²) in [6.07, 6.45) is 3.62. The van der Waals surface area contributed by atoms with Crippen molar-refractivity contribution >= 4 is 15.5 Å². The number of sulfone groups is 1. The molecule has 1 aromatic rings. The fraction of sp³-hybridized carbons (Fsp3) is 0.471. The van der Waals surface area contributed by atoms with Crippen molar-refractivity contribution in [3.63, 3.8) is 0 Å². The van der Waals surface area contributed by atoms with Crippen LogP contribution in [-0.4, -0.2) is 39.9 Å². The fourth-order valence-electron chi connectivity index (χ4n) is 2.92. The van der Waals surface area contributed by atoms with E-state index in [-0.39, 0.29) is 5.56 Å². The van der Waals surface area contributed by atoms with E-state index in [2.05, 4.69) is 11.6 Å². The van der Waals surface area contributed by atoms with Crippen LogP contribution in [-0.2, 0) is 27.4 Å². The molecule has 0 fully saturated rings. The summed E-state index contributed by atoms with van der Waals surface area (Å²) in [4.78, 5) is 3.64. The molecule has 0 bridgehead atoms. The molecule has 0 aliphatic heterocycles. The van der Waals surface area contributed by atoms with Crippen LogP contribution in [0.15, 0.2) is 34.7 Å². The van der Waals surface area contributed by atoms with Crippen LogP contribution >= 0.6 is 0 Å². The highest BCUT2D eigenvalue weighted by Gasteiger charge is 2.49. The molecule has 1 aromatic carbocycles. The second kappa shape index (κ2) is 7.70. The van der Waals surface area contributed by atoms with Gasteiger partial charge in [-0.1, -0.05) is 12.1 Å². The minimum Gasteiger partial charge on any atom is -0.385 e. The summed E-state index contributed by atoms with van der Waals surface area (Å²) in [5, 5.41) is 0. The van der Waals surface area contributed by atoms with Crippen molar-refractivity contribution in [2.45, 2.75) is 36.1 Å². The van der Waals surface area contributed by atoms with Crippen molar-refractivity contribution in [3.8, 4) is 0 Å². The van der Waals surface area contributed by atoms with Gasteiger partial charge in [-0.05, 0) is 42.9 Å². The predicted molar refractivity (Wildman–Crippen MR) is 89.8 cm³/mol. The number of halogens is 3. The molecular weight excluding hydrogens is 355 g/mol. The summed E-state index contributed by atoms with van der Waals surface area (Å²) in [5.41, 5.74) is -3.40. The lowest BCUT2D eigenvalue weighted by Gasteiger charge is -2.15. The number of methoxy groups -OCH3 is 1. The fourth-order valence-corrected chi connectivity index (χ4v) is 3.92. The first-order chi connectivity index (χ1) is 11.7. The van der Waals surface area contributed by atoms with Crippen LogP contribution in [0, 0.1) is 0 Å². The molecule has 4 nitrogen and oxygen atoms in total. The zero-order valence-electron chi connectivity index (χ0n) is 13.9. The van der Waals surface area contributed by atoms with E-state index < -0.39 is 20.2 Å². The van der Waals surface area contributed by atoms with Crippen molar-refractivity contribution in [2.24, 2.45) is 4.99 Å². The van der Waals surface area contributed by atoms with Gasteiger partial charge in [0.2, 0.25) is 0 Å². The van der Waals surface area contributed by atoms with Crippen molar-refractivity contribution in [2.75, 3.05) is 20.3 Å². The Morgan fingerprint density at radius 3 is 2.64 bits per heavy atom. The van der Waals surface area contributed by atoms with Gasteiger partial charge >= 0.3 is 5.51 Å². The molecule has 0 saturated carbocycles. The molecule has 0 atom stereocenters. The van der Waals surface area contributed by atoms with Gasteiger partial charge in [0.1, 0.15) is 0 Å². The molecule has 1 aliphatic rings. The van der Waals surface area contributed by atoms with Crippen molar-refractivity contribution in [3.05, 3.63) is 41.5 Å². The number of aliphatic imine (C=N–C) groups is 1. The van der Waals surface area contributed by atoms with Crippen LogP contribution in [0.3, 0.4) is 0 Å². The minimum atomic E-state index is -5.43. The Kier molecular flexibility index (Phi) is 6.05. The first kappa shape index (κ1) is 19.7. The molecule has 0 unspecified atom stereocenters. The first-order valence-electron chi connectivity index (χ1n) is 7.83. The third kappa shape index (κ3) is 3.95. The second-order valence-electron chi connectivity index (χ2n) is 5.69. The average Bonchev–Trinajstić information content (AvgIpc) is 2.95. The molecule has 0 aromatic heterocycles. The number of hydrogen-bond acceptors (Lipinski definition) is 4. The van der Waals surface area contributed by atoms with E-state index in [4.69, 9.17) is 4.74 Å². The third-order valence-electron chi connectivity index (χ3n) is 4.04. The molecule has 8 heteroatoms. The lowest BCUT2D eigenvalue weighted by atomic mass is 10.0. The molecule has 0 saturated heterocycles. The number of fused-ring (bicyclic) bond motifs is 1. The molecule has 25 heavy (non-hydrogen) atoms. The monoisotopic (exact) mass is 375 g/mol. The van der Waals surface area contributed by atoms with E-state index in [1.807, 2.05) is 0 Å². The van der Waals surface area contributed by atoms with Gasteiger partial charge < -0.3 is 4.74 Å². The van der Waals surface area contributed by atoms with Crippen molar-refractivity contribution < 1.29 is 26.3 Å². The quantitative estimate of drug-likeness (QED) is 0.542. The standard InChI is InChI=1S/C17H20F3NO3S/c1-3-5-12-6-9-15(25(22,23)17(18,19)20)16-13(12)7-8-14(16)21-10-4-11-24-2/h3,6,9H,1,4-5,7-8,10-11H2,2H3/b21-14+. The van der Waals surface area contributed by atoms with Gasteiger partial charge in [0.25, 0.3) is 9.84 Å². The van der Waals surface area contributed by atoms with Crippen LogP contribution in [0.2, 0.25) is 0 Å². The lowest BCUT2D eigenvalue weighted by Crippen LogP contribution is -2.25. The Balaban J connectivity index is 2.57. The van der Waals surface area contributed by atoms with Crippen LogP contribution in [0.25, 0.3) is 0 Å². The molecule has 0 N–H and O–H groups in total. The van der Waals surface area contributed by atoms with Crippen molar-refractivity contribution in [1.29, 1.82) is 0 Å². The topological polar surface area (TPSA) is 55.7 Å². The SMILES string of the molecule is C=CCc1ccc(S(=O)(=O)C(F)(F)F)c2c1CC/C2=N\CCCOC. The zero-order chi connectivity index (χ0) is 18.7. The number of nitrogens with zero attached hydrogens (tertiary/aromatic N) is 1. The largest absolute Gasteiger partial charge is 0.501 e. The molecule has 0 amide bonds. The van der Waals surface area contributed by atoms with Crippen molar-refractivity contribution in [1.82, 2.24) is 0 Å². The summed E-state index contributed by atoms with van der Waals surface area (Å²) >= 11 is 0. The van der Waals surface area contributed by atoms with Gasteiger partial charge in [0.15, 0.2) is 0 Å². The van der Waals surface area contributed by atoms with E-state index in [0.29, 0.717) is 50.1 Å². The van der Waals surface area contributed by atoms with Gasteiger partial charge in [-0.25, -0.2) is 8.42 Å². The summed E-state index contributed by atoms with van der Waals surface area (Å²) in [6, 6.07) is 2.48. The summed E-state index contributed by atoms with van der Waals surface area (Å²) in [6.45, 7) is 4.49. The second-order valence-corrected chi connectivity index (χ2v) is 7.60. The van der Waals surface area contributed by atoms with Gasteiger partial charge in [-0.3, -0.25) is 4.99 Å². The molecule has 2 rings (SSSR count). The van der Waals surface area contributed by atoms with Crippen LogP contribution in [0.5, 0.6) is 0 Å². The number of benzene rings is 1. The van der Waals surface area contributed by atoms with Crippen LogP contribution in [0.1, 0.15) is 29.5 Å². The van der Waals surface area contributed by atoms with Crippen LogP contribution in [0.4, 0.5) is 13.2 Å². The minimum absolute atomic E-state index is 0.120. The maximum Gasteiger partial charge on any atom is 0.501 e. The van der Waals surface area contributed by atoms with E-state index in [0.717, 1.165) is 11.6 Å². The molecule has 0 heterocycles. The number of alkyl halides is 3. The van der Waals surface area contributed by atoms with Crippen LogP contribution < -0.4 is 0 Å². The first-order valence-corrected chi connectivity index (χ1v) is 9.32. The highest BCUT2D eigenvalue weighted by atomic mass is 32.2. The van der Waals surface area contributed by atoms with E-state index in [9.17, 15) is 21.6 Å². The molecule has 1 aliphatic carbocycles. The summed E-state index contributed by atoms with van der Waals surface area (Å²) < 4.78 is 68.1. The smallest absolute Gasteiger partial charge is 0.385 e. The Morgan fingerprint density at radius 2 is 2.04 bits per heavy atom. The average molecular weight is 375 g/mol. The molecule has 0 spiro atoms. The highest BCUT2D eigenvalue weighted by Crippen LogP contribution is 2.38. The number of allylic oxidation sites excluding steroid dienone is 1. The normalized spacial score (nSPS) is 16.2. The van der Waals surface area contributed by atoms with E-state index in [1.54, 1.807) is 13.2 Å². The van der Waals surface area contributed by atoms with Gasteiger partial charge in [0, 0.05) is 31.5 Å². The Labute approximate surface area is 145 Å². The van der Waals surface area contributed by atoms with Gasteiger partial charge in [-0.2, -0.15) is 13.2 Å². The van der Waals surface area contributed by atoms with Gasteiger partial charge in [0.05, 0.1) is 4.90 Å². The Bertz CT molecular complexity index is 783. The maximum atomic E-state index is 13.1. The number of hydrogen-bond donors (Lipinski definition) is 0.